The van der Waals surface area contributed by atoms with E-state index in [-0.39, 0.29) is 12.5 Å². The van der Waals surface area contributed by atoms with Crippen LogP contribution in [0.3, 0.4) is 0 Å². The minimum atomic E-state index is -0.326. The molecule has 1 amide bonds. The molecule has 0 aliphatic carbocycles. The number of furan rings is 1. The van der Waals surface area contributed by atoms with Gasteiger partial charge in [0.1, 0.15) is 17.2 Å². The molecule has 0 saturated heterocycles. The summed E-state index contributed by atoms with van der Waals surface area (Å²) in [5, 5.41) is 3.97. The zero-order valence-electron chi connectivity index (χ0n) is 12.6. The third-order valence-corrected chi connectivity index (χ3v) is 3.46. The van der Waals surface area contributed by atoms with Gasteiger partial charge in [-0.25, -0.2) is 5.43 Å². The second-order valence-corrected chi connectivity index (χ2v) is 5.78. The number of nitrogens with one attached hydrogen (secondary N) is 1. The van der Waals surface area contributed by atoms with Crippen LogP contribution in [0.2, 0.25) is 0 Å². The van der Waals surface area contributed by atoms with E-state index in [4.69, 9.17) is 9.15 Å². The van der Waals surface area contributed by atoms with Crippen molar-refractivity contribution >= 4 is 27.5 Å². The molecule has 0 fully saturated rings. The molecule has 0 aliphatic heterocycles. The van der Waals surface area contributed by atoms with E-state index in [2.05, 4.69) is 26.5 Å². The van der Waals surface area contributed by atoms with Crippen LogP contribution in [0.15, 0.2) is 44.5 Å². The van der Waals surface area contributed by atoms with Gasteiger partial charge in [-0.2, -0.15) is 5.10 Å². The van der Waals surface area contributed by atoms with Crippen molar-refractivity contribution in [3.8, 4) is 5.75 Å². The summed E-state index contributed by atoms with van der Waals surface area (Å²) in [6.45, 7) is 5.52. The van der Waals surface area contributed by atoms with Gasteiger partial charge in [-0.3, -0.25) is 4.79 Å². The number of carbonyl (C=O) groups is 1. The molecule has 6 heteroatoms. The summed E-state index contributed by atoms with van der Waals surface area (Å²) in [5.74, 6) is 0.999. The van der Waals surface area contributed by atoms with Crippen LogP contribution in [0.4, 0.5) is 0 Å². The van der Waals surface area contributed by atoms with Crippen LogP contribution in [0, 0.1) is 13.8 Å². The first-order chi connectivity index (χ1) is 10.5. The van der Waals surface area contributed by atoms with E-state index in [9.17, 15) is 4.79 Å². The quantitative estimate of drug-likeness (QED) is 0.651. The first kappa shape index (κ1) is 16.3. The molecule has 0 saturated carbocycles. The van der Waals surface area contributed by atoms with Gasteiger partial charge >= 0.3 is 0 Å². The third-order valence-electron chi connectivity index (χ3n) is 3.00. The maximum Gasteiger partial charge on any atom is 0.277 e. The summed E-state index contributed by atoms with van der Waals surface area (Å²) in [6, 6.07) is 7.42. The summed E-state index contributed by atoms with van der Waals surface area (Å²) < 4.78 is 11.7. The highest BCUT2D eigenvalue weighted by Gasteiger charge is 2.09. The zero-order valence-corrected chi connectivity index (χ0v) is 14.2. The predicted octanol–water partition coefficient (Wildman–Crippen LogP) is 3.58. The smallest absolute Gasteiger partial charge is 0.277 e. The van der Waals surface area contributed by atoms with Crippen molar-refractivity contribution in [1.82, 2.24) is 5.43 Å². The fourth-order valence-electron chi connectivity index (χ4n) is 1.98. The van der Waals surface area contributed by atoms with Crippen molar-refractivity contribution in [3.05, 3.63) is 51.9 Å². The Kier molecular flexibility index (Phi) is 5.38. The largest absolute Gasteiger partial charge is 0.483 e. The third kappa shape index (κ3) is 4.21. The van der Waals surface area contributed by atoms with Gasteiger partial charge in [-0.15, -0.1) is 0 Å². The fourth-order valence-corrected chi connectivity index (χ4v) is 2.67. The number of halogens is 1. The van der Waals surface area contributed by atoms with Crippen LogP contribution in [0.5, 0.6) is 5.75 Å². The molecule has 2 rings (SSSR count). The Morgan fingerprint density at radius 2 is 2.05 bits per heavy atom. The van der Waals surface area contributed by atoms with E-state index < -0.39 is 0 Å². The van der Waals surface area contributed by atoms with E-state index >= 15 is 0 Å². The van der Waals surface area contributed by atoms with Gasteiger partial charge in [0.15, 0.2) is 6.61 Å². The molecular formula is C16H17BrN2O3. The number of nitrogens with zero attached hydrogens (tertiary/aromatic N) is 1. The van der Waals surface area contributed by atoms with Crippen LogP contribution in [-0.2, 0) is 4.79 Å². The normalized spacial score (nSPS) is 11.4. The maximum absolute atomic E-state index is 11.8. The lowest BCUT2D eigenvalue weighted by Gasteiger charge is -2.12. The van der Waals surface area contributed by atoms with Crippen molar-refractivity contribution < 1.29 is 13.9 Å². The topological polar surface area (TPSA) is 63.8 Å². The van der Waals surface area contributed by atoms with Gasteiger partial charge in [0, 0.05) is 4.47 Å². The summed E-state index contributed by atoms with van der Waals surface area (Å²) >= 11 is 3.43. The highest BCUT2D eigenvalue weighted by atomic mass is 79.9. The van der Waals surface area contributed by atoms with Crippen LogP contribution >= 0.6 is 15.9 Å². The van der Waals surface area contributed by atoms with Gasteiger partial charge in [-0.05, 0) is 56.2 Å². The number of rotatable bonds is 5. The number of benzene rings is 1. The van der Waals surface area contributed by atoms with Crippen molar-refractivity contribution in [2.24, 2.45) is 5.10 Å². The second kappa shape index (κ2) is 7.26. The average molecular weight is 365 g/mol. The van der Waals surface area contributed by atoms with E-state index in [1.54, 1.807) is 25.3 Å². The number of hydrogen-bond acceptors (Lipinski definition) is 4. The Morgan fingerprint density at radius 3 is 2.64 bits per heavy atom. The molecule has 22 heavy (non-hydrogen) atoms. The van der Waals surface area contributed by atoms with Crippen LogP contribution < -0.4 is 10.2 Å². The second-order valence-electron chi connectivity index (χ2n) is 4.87. The number of amides is 1. The Bertz CT molecular complexity index is 670. The number of aryl methyl sites for hydroxylation is 2. The van der Waals surface area contributed by atoms with Crippen molar-refractivity contribution in [2.75, 3.05) is 6.61 Å². The highest BCUT2D eigenvalue weighted by molar-refractivity contribution is 9.10. The molecule has 116 valence electrons. The van der Waals surface area contributed by atoms with Gasteiger partial charge in [0.25, 0.3) is 5.91 Å². The van der Waals surface area contributed by atoms with E-state index in [0.717, 1.165) is 15.6 Å². The number of hydrazone groups is 1. The highest BCUT2D eigenvalue weighted by Crippen LogP contribution is 2.27. The van der Waals surface area contributed by atoms with Crippen LogP contribution in [-0.4, -0.2) is 18.2 Å². The van der Waals surface area contributed by atoms with E-state index in [0.29, 0.717) is 17.2 Å². The fraction of sp³-hybridized carbons (Fsp3) is 0.250. The Morgan fingerprint density at radius 1 is 1.36 bits per heavy atom. The minimum absolute atomic E-state index is 0.0990. The van der Waals surface area contributed by atoms with E-state index in [1.165, 1.54) is 0 Å². The maximum atomic E-state index is 11.8. The molecule has 5 nitrogen and oxygen atoms in total. The summed E-state index contributed by atoms with van der Waals surface area (Å²) in [4.78, 5) is 11.8. The first-order valence-corrected chi connectivity index (χ1v) is 7.53. The summed E-state index contributed by atoms with van der Waals surface area (Å²) in [5.41, 5.74) is 4.97. The SMILES string of the molecule is CC(=NNC(=O)COc1c(C)cc(Br)cc1C)c1ccco1. The molecule has 1 N–H and O–H groups in total. The number of hydrogen-bond donors (Lipinski definition) is 1. The first-order valence-electron chi connectivity index (χ1n) is 6.74. The van der Waals surface area contributed by atoms with Gasteiger partial charge in [0.2, 0.25) is 0 Å². The lowest BCUT2D eigenvalue weighted by atomic mass is 10.1. The molecule has 0 atom stereocenters. The zero-order chi connectivity index (χ0) is 16.1. The molecule has 0 spiro atoms. The molecule has 0 radical (unpaired) electrons. The van der Waals surface area contributed by atoms with Gasteiger partial charge in [0.05, 0.1) is 6.26 Å². The molecule has 1 heterocycles. The molecule has 0 aliphatic rings. The minimum Gasteiger partial charge on any atom is -0.483 e. The Balaban J connectivity index is 1.92. The van der Waals surface area contributed by atoms with Crippen molar-refractivity contribution in [3.63, 3.8) is 0 Å². The van der Waals surface area contributed by atoms with Gasteiger partial charge in [-0.1, -0.05) is 15.9 Å². The summed E-state index contributed by atoms with van der Waals surface area (Å²) in [7, 11) is 0. The predicted molar refractivity (Wildman–Crippen MR) is 88.2 cm³/mol. The Labute approximate surface area is 137 Å². The molecule has 1 aromatic heterocycles. The van der Waals surface area contributed by atoms with Crippen molar-refractivity contribution in [2.45, 2.75) is 20.8 Å². The molecule has 0 unspecified atom stereocenters. The lowest BCUT2D eigenvalue weighted by molar-refractivity contribution is -0.123. The monoisotopic (exact) mass is 364 g/mol. The number of carbonyl (C=O) groups excluding carboxylic acids is 1. The van der Waals surface area contributed by atoms with Crippen molar-refractivity contribution in [1.29, 1.82) is 0 Å². The average Bonchev–Trinajstić information content (AvgIpc) is 2.97. The molecule has 2 aromatic rings. The molecule has 1 aromatic carbocycles. The van der Waals surface area contributed by atoms with Gasteiger partial charge < -0.3 is 9.15 Å². The lowest BCUT2D eigenvalue weighted by Crippen LogP contribution is -2.25. The Hall–Kier alpha value is -2.08. The molecule has 0 bridgehead atoms. The van der Waals surface area contributed by atoms with Crippen LogP contribution in [0.25, 0.3) is 0 Å². The number of ether oxygens (including phenoxy) is 1. The molecular weight excluding hydrogens is 348 g/mol. The van der Waals surface area contributed by atoms with Crippen LogP contribution in [0.1, 0.15) is 23.8 Å². The standard InChI is InChI=1S/C16H17BrN2O3/c1-10-7-13(17)8-11(2)16(10)22-9-15(20)19-18-12(3)14-5-4-6-21-14/h4-8H,9H2,1-3H3,(H,19,20). The summed E-state index contributed by atoms with van der Waals surface area (Å²) in [6.07, 6.45) is 1.55. The van der Waals surface area contributed by atoms with E-state index in [1.807, 2.05) is 26.0 Å².